The predicted molar refractivity (Wildman–Crippen MR) is 92.7 cm³/mol. The van der Waals surface area contributed by atoms with Gasteiger partial charge in [-0.15, -0.1) is 0 Å². The van der Waals surface area contributed by atoms with Gasteiger partial charge in [0.15, 0.2) is 0 Å². The molecule has 0 saturated carbocycles. The van der Waals surface area contributed by atoms with Crippen LogP contribution in [0.1, 0.15) is 29.3 Å². The molecule has 0 bridgehead atoms. The van der Waals surface area contributed by atoms with Gasteiger partial charge in [-0.3, -0.25) is 5.01 Å². The molecule has 4 heteroatoms. The van der Waals surface area contributed by atoms with Gasteiger partial charge in [-0.25, -0.2) is 4.39 Å². The van der Waals surface area contributed by atoms with Crippen molar-refractivity contribution in [2.45, 2.75) is 19.4 Å². The molecule has 1 aliphatic heterocycles. The van der Waals surface area contributed by atoms with E-state index in [1.165, 1.54) is 17.7 Å². The van der Waals surface area contributed by atoms with Crippen LogP contribution in [0, 0.1) is 12.7 Å². The largest absolute Gasteiger partial charge is 0.467 e. The highest BCUT2D eigenvalue weighted by molar-refractivity contribution is 6.03. The van der Waals surface area contributed by atoms with Crippen molar-refractivity contribution in [3.8, 4) is 0 Å². The van der Waals surface area contributed by atoms with Crippen molar-refractivity contribution in [2.24, 2.45) is 5.10 Å². The molecule has 120 valence electrons. The first-order valence-electron chi connectivity index (χ1n) is 7.93. The number of aryl methyl sites for hydroxylation is 1. The normalized spacial score (nSPS) is 17.2. The molecule has 2 aromatic carbocycles. The number of anilines is 1. The van der Waals surface area contributed by atoms with Gasteiger partial charge in [0.05, 0.1) is 17.7 Å². The van der Waals surface area contributed by atoms with Crippen LogP contribution in [0.2, 0.25) is 0 Å². The van der Waals surface area contributed by atoms with Crippen LogP contribution < -0.4 is 5.01 Å². The molecule has 24 heavy (non-hydrogen) atoms. The minimum atomic E-state index is -0.240. The highest BCUT2D eigenvalue weighted by Crippen LogP contribution is 2.36. The van der Waals surface area contributed by atoms with Crippen LogP contribution in [-0.2, 0) is 0 Å². The molecule has 1 aliphatic rings. The zero-order valence-corrected chi connectivity index (χ0v) is 13.3. The van der Waals surface area contributed by atoms with Gasteiger partial charge in [0, 0.05) is 6.42 Å². The molecule has 3 aromatic rings. The van der Waals surface area contributed by atoms with E-state index in [0.29, 0.717) is 6.42 Å². The summed E-state index contributed by atoms with van der Waals surface area (Å²) in [6.07, 6.45) is 2.39. The molecule has 0 radical (unpaired) electrons. The van der Waals surface area contributed by atoms with Crippen molar-refractivity contribution >= 4 is 11.4 Å². The Labute approximate surface area is 140 Å². The number of benzene rings is 2. The van der Waals surface area contributed by atoms with Crippen LogP contribution in [0.25, 0.3) is 0 Å². The predicted octanol–water partition coefficient (Wildman–Crippen LogP) is 5.08. The van der Waals surface area contributed by atoms with Crippen molar-refractivity contribution in [3.05, 3.63) is 89.6 Å². The smallest absolute Gasteiger partial charge is 0.128 e. The maximum absolute atomic E-state index is 13.2. The van der Waals surface area contributed by atoms with Gasteiger partial charge < -0.3 is 4.42 Å². The van der Waals surface area contributed by atoms with Crippen LogP contribution in [-0.4, -0.2) is 5.71 Å². The van der Waals surface area contributed by atoms with Gasteiger partial charge in [-0.2, -0.15) is 5.10 Å². The van der Waals surface area contributed by atoms with Gasteiger partial charge >= 0.3 is 0 Å². The zero-order chi connectivity index (χ0) is 16.5. The van der Waals surface area contributed by atoms with Crippen LogP contribution in [0.3, 0.4) is 0 Å². The molecule has 0 N–H and O–H groups in total. The summed E-state index contributed by atoms with van der Waals surface area (Å²) in [6.45, 7) is 2.06. The summed E-state index contributed by atoms with van der Waals surface area (Å²) < 4.78 is 18.8. The monoisotopic (exact) mass is 320 g/mol. The second kappa shape index (κ2) is 5.96. The lowest BCUT2D eigenvalue weighted by molar-refractivity contribution is 0.465. The summed E-state index contributed by atoms with van der Waals surface area (Å²) >= 11 is 0. The highest BCUT2D eigenvalue weighted by Gasteiger charge is 2.31. The summed E-state index contributed by atoms with van der Waals surface area (Å²) in [7, 11) is 0. The Bertz CT molecular complexity index is 852. The SMILES string of the molecule is Cc1ccc(N2N=C(c3ccc(F)cc3)C[C@@H]2c2ccco2)cc1. The minimum absolute atomic E-state index is 0.00255. The average molecular weight is 320 g/mol. The lowest BCUT2D eigenvalue weighted by Crippen LogP contribution is -2.17. The highest BCUT2D eigenvalue weighted by atomic mass is 19.1. The quantitative estimate of drug-likeness (QED) is 0.673. The van der Waals surface area contributed by atoms with Gasteiger partial charge in [0.1, 0.15) is 17.6 Å². The van der Waals surface area contributed by atoms with Gasteiger partial charge in [-0.1, -0.05) is 29.8 Å². The summed E-state index contributed by atoms with van der Waals surface area (Å²) in [4.78, 5) is 0. The second-order valence-electron chi connectivity index (χ2n) is 5.97. The fourth-order valence-electron chi connectivity index (χ4n) is 2.97. The van der Waals surface area contributed by atoms with Crippen LogP contribution in [0.15, 0.2) is 76.4 Å². The van der Waals surface area contributed by atoms with Crippen molar-refractivity contribution in [2.75, 3.05) is 5.01 Å². The third kappa shape index (κ3) is 2.71. The number of hydrogen-bond donors (Lipinski definition) is 0. The molecular formula is C20H17FN2O. The van der Waals surface area contributed by atoms with E-state index >= 15 is 0 Å². The van der Waals surface area contributed by atoms with Gasteiger partial charge in [0.2, 0.25) is 0 Å². The lowest BCUT2D eigenvalue weighted by Gasteiger charge is -2.21. The Morgan fingerprint density at radius 2 is 1.79 bits per heavy atom. The Hall–Kier alpha value is -2.88. The second-order valence-corrected chi connectivity index (χ2v) is 5.97. The zero-order valence-electron chi connectivity index (χ0n) is 13.3. The molecule has 0 aliphatic carbocycles. The minimum Gasteiger partial charge on any atom is -0.467 e. The van der Waals surface area contributed by atoms with E-state index in [4.69, 9.17) is 9.52 Å². The van der Waals surface area contributed by atoms with E-state index in [0.717, 1.165) is 22.7 Å². The number of hydrazone groups is 1. The van der Waals surface area contributed by atoms with Crippen molar-refractivity contribution in [1.29, 1.82) is 0 Å². The van der Waals surface area contributed by atoms with Gasteiger partial charge in [0.25, 0.3) is 0 Å². The molecular weight excluding hydrogens is 303 g/mol. The first-order chi connectivity index (χ1) is 11.7. The summed E-state index contributed by atoms with van der Waals surface area (Å²) in [5.74, 6) is 0.631. The average Bonchev–Trinajstić information content (AvgIpc) is 3.25. The number of nitrogens with zero attached hydrogens (tertiary/aromatic N) is 2. The maximum Gasteiger partial charge on any atom is 0.128 e. The molecule has 0 fully saturated rings. The lowest BCUT2D eigenvalue weighted by atomic mass is 10.0. The first kappa shape index (κ1) is 14.7. The Balaban J connectivity index is 1.73. The topological polar surface area (TPSA) is 28.7 Å². The summed E-state index contributed by atoms with van der Waals surface area (Å²) in [6, 6.07) is 18.6. The molecule has 0 unspecified atom stereocenters. The maximum atomic E-state index is 13.2. The summed E-state index contributed by atoms with van der Waals surface area (Å²) in [5, 5.41) is 6.78. The van der Waals surface area contributed by atoms with Crippen LogP contribution in [0.5, 0.6) is 0 Å². The molecule has 1 aromatic heterocycles. The summed E-state index contributed by atoms with van der Waals surface area (Å²) in [5.41, 5.74) is 4.08. The van der Waals surface area contributed by atoms with Gasteiger partial charge in [-0.05, 0) is 48.9 Å². The van der Waals surface area contributed by atoms with Crippen molar-refractivity contribution < 1.29 is 8.81 Å². The van der Waals surface area contributed by atoms with E-state index < -0.39 is 0 Å². The number of hydrogen-bond acceptors (Lipinski definition) is 3. The fraction of sp³-hybridized carbons (Fsp3) is 0.150. The molecule has 4 rings (SSSR count). The molecule has 0 amide bonds. The van der Waals surface area contributed by atoms with Crippen LogP contribution >= 0.6 is 0 Å². The first-order valence-corrected chi connectivity index (χ1v) is 7.93. The van der Waals surface area contributed by atoms with E-state index in [1.807, 2.05) is 17.1 Å². The van der Waals surface area contributed by atoms with E-state index in [2.05, 4.69) is 31.2 Å². The Kier molecular flexibility index (Phi) is 3.65. The Morgan fingerprint density at radius 1 is 1.04 bits per heavy atom. The fourth-order valence-corrected chi connectivity index (χ4v) is 2.97. The number of rotatable bonds is 3. The molecule has 0 saturated heterocycles. The van der Waals surface area contributed by atoms with E-state index in [1.54, 1.807) is 18.4 Å². The molecule has 3 nitrogen and oxygen atoms in total. The molecule has 0 spiro atoms. The van der Waals surface area contributed by atoms with E-state index in [-0.39, 0.29) is 11.9 Å². The van der Waals surface area contributed by atoms with Crippen molar-refractivity contribution in [1.82, 2.24) is 0 Å². The number of halogens is 1. The molecule has 2 heterocycles. The third-order valence-electron chi connectivity index (χ3n) is 4.26. The van der Waals surface area contributed by atoms with E-state index in [9.17, 15) is 4.39 Å². The third-order valence-corrected chi connectivity index (χ3v) is 4.26. The molecule has 1 atom stereocenters. The standard InChI is InChI=1S/C20H17FN2O/c1-14-4-10-17(11-5-14)23-19(20-3-2-12-24-20)13-18(22-23)15-6-8-16(21)9-7-15/h2-12,19H,13H2,1H3/t19-/m1/s1. The number of furan rings is 1. The van der Waals surface area contributed by atoms with Crippen molar-refractivity contribution in [3.63, 3.8) is 0 Å². The Morgan fingerprint density at radius 3 is 2.46 bits per heavy atom. The van der Waals surface area contributed by atoms with Crippen LogP contribution in [0.4, 0.5) is 10.1 Å².